The summed E-state index contributed by atoms with van der Waals surface area (Å²) in [7, 11) is 0. The van der Waals surface area contributed by atoms with Crippen LogP contribution < -0.4 is 16.0 Å². The first-order chi connectivity index (χ1) is 13.0. The Morgan fingerprint density at radius 2 is 1.96 bits per heavy atom. The molecule has 7 heteroatoms. The van der Waals surface area contributed by atoms with Gasteiger partial charge in [0.15, 0.2) is 0 Å². The molecule has 1 aromatic rings. The maximum absolute atomic E-state index is 12.1. The predicted molar refractivity (Wildman–Crippen MR) is 105 cm³/mol. The third-order valence-corrected chi connectivity index (χ3v) is 5.42. The van der Waals surface area contributed by atoms with Gasteiger partial charge in [0, 0.05) is 23.7 Å². The zero-order valence-corrected chi connectivity index (χ0v) is 16.2. The summed E-state index contributed by atoms with van der Waals surface area (Å²) in [6.07, 6.45) is 3.71. The molecule has 1 heterocycles. The van der Waals surface area contributed by atoms with E-state index in [-0.39, 0.29) is 30.1 Å². The zero-order valence-electron chi connectivity index (χ0n) is 16.2. The molecule has 1 aliphatic heterocycles. The monoisotopic (exact) mass is 377 g/mol. The van der Waals surface area contributed by atoms with E-state index < -0.39 is 0 Å². The van der Waals surface area contributed by atoms with Gasteiger partial charge >= 0.3 is 12.0 Å². The second-order valence-corrected chi connectivity index (χ2v) is 7.14. The van der Waals surface area contributed by atoms with Gasteiger partial charge in [-0.2, -0.15) is 0 Å². The molecule has 27 heavy (non-hydrogen) atoms. The lowest BCUT2D eigenvalue weighted by atomic mass is 9.83. The highest BCUT2D eigenvalue weighted by atomic mass is 16.5. The number of aliphatic hydroxyl groups excluding tert-OH is 1. The summed E-state index contributed by atoms with van der Waals surface area (Å²) in [5.74, 6) is -0.363. The number of ether oxygens (including phenoxy) is 1. The number of carbonyl (C=O) groups is 2. The lowest BCUT2D eigenvalue weighted by molar-refractivity contribution is 0.0473. The van der Waals surface area contributed by atoms with Crippen molar-refractivity contribution in [1.82, 2.24) is 10.6 Å². The fourth-order valence-electron chi connectivity index (χ4n) is 3.07. The van der Waals surface area contributed by atoms with Crippen LogP contribution in [0.25, 0.3) is 0 Å². The Morgan fingerprint density at radius 1 is 1.26 bits per heavy atom. The Bertz CT molecular complexity index is 600. The number of hydrogen-bond donors (Lipinski definition) is 4. The van der Waals surface area contributed by atoms with E-state index in [0.717, 1.165) is 32.2 Å². The van der Waals surface area contributed by atoms with Gasteiger partial charge in [-0.25, -0.2) is 9.59 Å². The third kappa shape index (κ3) is 6.22. The van der Waals surface area contributed by atoms with Crippen molar-refractivity contribution in [2.24, 2.45) is 5.41 Å². The van der Waals surface area contributed by atoms with Crippen molar-refractivity contribution >= 4 is 17.7 Å². The third-order valence-electron chi connectivity index (χ3n) is 5.42. The van der Waals surface area contributed by atoms with Crippen LogP contribution in [0.5, 0.6) is 0 Å². The van der Waals surface area contributed by atoms with Gasteiger partial charge in [0.1, 0.15) is 6.61 Å². The van der Waals surface area contributed by atoms with Gasteiger partial charge in [0.2, 0.25) is 0 Å². The van der Waals surface area contributed by atoms with Crippen molar-refractivity contribution in [2.75, 3.05) is 31.6 Å². The Morgan fingerprint density at radius 3 is 2.52 bits per heavy atom. The molecule has 2 amide bonds. The summed E-state index contributed by atoms with van der Waals surface area (Å²) in [5, 5.41) is 18.4. The van der Waals surface area contributed by atoms with E-state index in [2.05, 4.69) is 16.0 Å². The lowest BCUT2D eigenvalue weighted by Gasteiger charge is -2.29. The van der Waals surface area contributed by atoms with Crippen molar-refractivity contribution in [2.45, 2.75) is 45.6 Å². The van der Waals surface area contributed by atoms with Crippen LogP contribution in [0.2, 0.25) is 0 Å². The summed E-state index contributed by atoms with van der Waals surface area (Å²) < 4.78 is 5.32. The van der Waals surface area contributed by atoms with E-state index in [9.17, 15) is 14.7 Å². The number of benzene rings is 1. The molecule has 7 nitrogen and oxygen atoms in total. The maximum Gasteiger partial charge on any atom is 0.338 e. The van der Waals surface area contributed by atoms with E-state index in [4.69, 9.17) is 4.74 Å². The van der Waals surface area contributed by atoms with Gasteiger partial charge in [-0.1, -0.05) is 13.8 Å². The number of anilines is 1. The summed E-state index contributed by atoms with van der Waals surface area (Å²) in [5.41, 5.74) is 0.749. The molecule has 0 bridgehead atoms. The minimum Gasteiger partial charge on any atom is -0.460 e. The summed E-state index contributed by atoms with van der Waals surface area (Å²) in [4.78, 5) is 24.1. The van der Waals surface area contributed by atoms with Gasteiger partial charge in [0.25, 0.3) is 0 Å². The van der Waals surface area contributed by atoms with Gasteiger partial charge in [0.05, 0.1) is 12.2 Å². The van der Waals surface area contributed by atoms with Gasteiger partial charge in [-0.3, -0.25) is 0 Å². The molecular weight excluding hydrogens is 346 g/mol. The normalized spacial score (nSPS) is 16.8. The van der Waals surface area contributed by atoms with Crippen LogP contribution in [0.4, 0.5) is 10.5 Å². The second-order valence-electron chi connectivity index (χ2n) is 7.14. The first-order valence-corrected chi connectivity index (χ1v) is 9.68. The van der Waals surface area contributed by atoms with Crippen LogP contribution in [-0.4, -0.2) is 49.5 Å². The van der Waals surface area contributed by atoms with Crippen molar-refractivity contribution in [3.05, 3.63) is 29.8 Å². The first kappa shape index (κ1) is 21.2. The molecule has 2 rings (SSSR count). The Hall–Kier alpha value is -2.12. The van der Waals surface area contributed by atoms with Crippen molar-refractivity contribution in [3.63, 3.8) is 0 Å². The number of amides is 2. The fourth-order valence-corrected chi connectivity index (χ4v) is 3.07. The van der Waals surface area contributed by atoms with Crippen LogP contribution in [0.1, 0.15) is 49.9 Å². The Labute approximate surface area is 160 Å². The molecule has 1 unspecified atom stereocenters. The number of carbonyl (C=O) groups excluding carboxylic acids is 2. The first-order valence-electron chi connectivity index (χ1n) is 9.68. The molecule has 1 aromatic carbocycles. The average molecular weight is 377 g/mol. The zero-order chi connectivity index (χ0) is 19.7. The summed E-state index contributed by atoms with van der Waals surface area (Å²) in [6.45, 7) is 5.79. The molecule has 0 aromatic heterocycles. The van der Waals surface area contributed by atoms with Crippen molar-refractivity contribution < 1.29 is 19.4 Å². The van der Waals surface area contributed by atoms with Gasteiger partial charge in [-0.15, -0.1) is 0 Å². The lowest BCUT2D eigenvalue weighted by Crippen LogP contribution is -2.41. The maximum atomic E-state index is 12.1. The molecule has 1 fully saturated rings. The van der Waals surface area contributed by atoms with Crippen molar-refractivity contribution in [1.29, 1.82) is 0 Å². The fraction of sp³-hybridized carbons (Fsp3) is 0.600. The molecule has 150 valence electrons. The minimum absolute atomic E-state index is 0.0352. The quantitative estimate of drug-likeness (QED) is 0.496. The number of hydrogen-bond acceptors (Lipinski definition) is 5. The van der Waals surface area contributed by atoms with E-state index in [1.807, 2.05) is 13.8 Å². The summed E-state index contributed by atoms with van der Waals surface area (Å²) >= 11 is 0. The number of rotatable bonds is 9. The number of esters is 1. The number of nitrogens with one attached hydrogen (secondary N) is 3. The Kier molecular flexibility index (Phi) is 8.06. The highest BCUT2D eigenvalue weighted by Gasteiger charge is 2.25. The Balaban J connectivity index is 1.80. The van der Waals surface area contributed by atoms with Crippen molar-refractivity contribution in [3.8, 4) is 0 Å². The smallest absolute Gasteiger partial charge is 0.338 e. The van der Waals surface area contributed by atoms with Crippen LogP contribution in [-0.2, 0) is 4.74 Å². The van der Waals surface area contributed by atoms with Gasteiger partial charge in [-0.05, 0) is 56.5 Å². The van der Waals surface area contributed by atoms with E-state index in [0.29, 0.717) is 24.4 Å². The molecular formula is C20H31N3O4. The average Bonchev–Trinajstić information content (AvgIpc) is 3.22. The standard InChI is InChI=1S/C20H31N3O4/c1-3-20(4-2,14-24)13-22-19(26)23-16-9-7-15(8-10-16)18(25)27-12-17-6-5-11-21-17/h7-10,17,21,24H,3-6,11-14H2,1-2H3,(H2,22,23,26). The SMILES string of the molecule is CCC(CC)(CO)CNC(=O)Nc1ccc(C(=O)OCC2CCCN2)cc1. The highest BCUT2D eigenvalue weighted by Crippen LogP contribution is 2.24. The summed E-state index contributed by atoms with van der Waals surface area (Å²) in [6, 6.07) is 6.52. The van der Waals surface area contributed by atoms with Gasteiger partial charge < -0.3 is 25.8 Å². The molecule has 1 atom stereocenters. The molecule has 4 N–H and O–H groups in total. The minimum atomic E-state index is -0.363. The highest BCUT2D eigenvalue weighted by molar-refractivity contribution is 5.92. The van der Waals surface area contributed by atoms with Crippen LogP contribution in [0.15, 0.2) is 24.3 Å². The largest absolute Gasteiger partial charge is 0.460 e. The molecule has 1 aliphatic rings. The van der Waals surface area contributed by atoms with Crippen LogP contribution in [0, 0.1) is 5.41 Å². The van der Waals surface area contributed by atoms with E-state index in [1.165, 1.54) is 0 Å². The topological polar surface area (TPSA) is 99.7 Å². The van der Waals surface area contributed by atoms with E-state index in [1.54, 1.807) is 24.3 Å². The number of urea groups is 1. The van der Waals surface area contributed by atoms with Crippen LogP contribution in [0.3, 0.4) is 0 Å². The van der Waals surface area contributed by atoms with E-state index >= 15 is 0 Å². The molecule has 0 radical (unpaired) electrons. The van der Waals surface area contributed by atoms with Crippen LogP contribution >= 0.6 is 0 Å². The number of aliphatic hydroxyl groups is 1. The molecule has 1 saturated heterocycles. The molecule has 0 saturated carbocycles. The second kappa shape index (κ2) is 10.3. The predicted octanol–water partition coefficient (Wildman–Crippen LogP) is 2.52. The molecule has 0 spiro atoms. The molecule has 0 aliphatic carbocycles.